The third-order valence-electron chi connectivity index (χ3n) is 5.52. The minimum atomic E-state index is -0.883. The first-order chi connectivity index (χ1) is 16.8. The molecule has 0 unspecified atom stereocenters. The van der Waals surface area contributed by atoms with Gasteiger partial charge >= 0.3 is 0 Å². The van der Waals surface area contributed by atoms with Crippen LogP contribution in [0.3, 0.4) is 0 Å². The minimum Gasteiger partial charge on any atom is -0.203 e. The third kappa shape index (κ3) is 4.09. The van der Waals surface area contributed by atoms with E-state index in [4.69, 9.17) is 0 Å². The number of hydrogen-bond donors (Lipinski definition) is 0. The highest BCUT2D eigenvalue weighted by Crippen LogP contribution is 2.48. The summed E-state index contributed by atoms with van der Waals surface area (Å²) in [5.41, 5.74) is 3.19. The van der Waals surface area contributed by atoms with E-state index < -0.39 is 11.6 Å². The van der Waals surface area contributed by atoms with Gasteiger partial charge in [-0.05, 0) is 93.2 Å². The van der Waals surface area contributed by atoms with E-state index in [0.29, 0.717) is 20.8 Å². The molecule has 0 aliphatic rings. The van der Waals surface area contributed by atoms with Crippen LogP contribution in [0.15, 0.2) is 44.0 Å². The molecule has 176 valence electrons. The summed E-state index contributed by atoms with van der Waals surface area (Å²) in [6.07, 6.45) is 0. The van der Waals surface area contributed by atoms with Crippen LogP contribution >= 0.6 is 88.9 Å². The monoisotopic (exact) mass is 684 g/mol. The lowest BCUT2D eigenvalue weighted by atomic mass is 10.0. The van der Waals surface area contributed by atoms with E-state index in [1.165, 1.54) is 22.7 Å². The average molecular weight is 687 g/mol. The van der Waals surface area contributed by atoms with Crippen LogP contribution in [0, 0.1) is 25.5 Å². The van der Waals surface area contributed by atoms with Gasteiger partial charge in [0, 0.05) is 29.3 Å². The van der Waals surface area contributed by atoms with Crippen molar-refractivity contribution < 1.29 is 8.78 Å². The number of nitrogens with zero attached hydrogens (tertiary/aromatic N) is 2. The Balaban J connectivity index is 1.53. The fourth-order valence-electron chi connectivity index (χ4n) is 3.97. The number of thiophene rings is 4. The molecule has 2 nitrogen and oxygen atoms in total. The van der Waals surface area contributed by atoms with Crippen molar-refractivity contribution in [2.24, 2.45) is 0 Å². The van der Waals surface area contributed by atoms with E-state index in [2.05, 4.69) is 40.6 Å². The zero-order chi connectivity index (χ0) is 24.4. The molecule has 5 aromatic heterocycles. The van der Waals surface area contributed by atoms with Crippen molar-refractivity contribution in [3.8, 4) is 40.4 Å². The second-order valence-corrected chi connectivity index (χ2v) is 15.4. The van der Waals surface area contributed by atoms with Crippen LogP contribution in [0.2, 0.25) is 0 Å². The van der Waals surface area contributed by atoms with Gasteiger partial charge in [0.25, 0.3) is 0 Å². The third-order valence-corrected chi connectivity index (χ3v) is 12.2. The molecular formula is C24H12Br2F2N2S5. The fraction of sp³-hybridized carbons (Fsp3) is 0.0833. The lowest BCUT2D eigenvalue weighted by Gasteiger charge is -2.08. The van der Waals surface area contributed by atoms with E-state index in [1.54, 1.807) is 22.7 Å². The van der Waals surface area contributed by atoms with E-state index in [1.807, 2.05) is 50.2 Å². The van der Waals surface area contributed by atoms with Gasteiger partial charge in [0.05, 0.1) is 30.4 Å². The van der Waals surface area contributed by atoms with Gasteiger partial charge in [-0.3, -0.25) is 0 Å². The van der Waals surface area contributed by atoms with Crippen molar-refractivity contribution in [2.45, 2.75) is 13.8 Å². The predicted octanol–water partition coefficient (Wildman–Crippen LogP) is 11.0. The zero-order valence-electron chi connectivity index (χ0n) is 17.9. The van der Waals surface area contributed by atoms with Gasteiger partial charge in [0.15, 0.2) is 11.6 Å². The Morgan fingerprint density at radius 1 is 0.629 bits per heavy atom. The Morgan fingerprint density at radius 3 is 1.43 bits per heavy atom. The molecule has 11 heteroatoms. The number of fused-ring (bicyclic) bond motifs is 1. The molecule has 0 amide bonds. The van der Waals surface area contributed by atoms with Crippen molar-refractivity contribution in [1.82, 2.24) is 8.75 Å². The Labute approximate surface area is 236 Å². The lowest BCUT2D eigenvalue weighted by Crippen LogP contribution is -1.95. The summed E-state index contributed by atoms with van der Waals surface area (Å²) in [5.74, 6) is -1.77. The molecule has 0 aliphatic carbocycles. The van der Waals surface area contributed by atoms with Gasteiger partial charge < -0.3 is 0 Å². The largest absolute Gasteiger partial charge is 0.203 e. The van der Waals surface area contributed by atoms with Crippen molar-refractivity contribution in [3.05, 3.63) is 66.7 Å². The number of benzene rings is 1. The van der Waals surface area contributed by atoms with Crippen LogP contribution in [0.5, 0.6) is 0 Å². The predicted molar refractivity (Wildman–Crippen MR) is 155 cm³/mol. The Bertz CT molecular complexity index is 1620. The van der Waals surface area contributed by atoms with Crippen LogP contribution in [0.4, 0.5) is 8.78 Å². The van der Waals surface area contributed by atoms with Crippen LogP contribution in [-0.2, 0) is 0 Å². The maximum absolute atomic E-state index is 15.8. The topological polar surface area (TPSA) is 25.8 Å². The Kier molecular flexibility index (Phi) is 6.31. The molecular weight excluding hydrogens is 674 g/mol. The molecule has 0 bridgehead atoms. The second-order valence-electron chi connectivity index (χ2n) is 7.79. The van der Waals surface area contributed by atoms with Crippen molar-refractivity contribution in [3.63, 3.8) is 0 Å². The SMILES string of the molecule is Cc1cc(-c2c(F)c(F)c(-c3cc(C)c(-c4ccc(Br)s4)s3)c3nsnc23)sc1-c1ccc(Br)s1. The fourth-order valence-corrected chi connectivity index (χ4v) is 10.1. The van der Waals surface area contributed by atoms with Gasteiger partial charge in [0.2, 0.25) is 0 Å². The minimum absolute atomic E-state index is 0.181. The summed E-state index contributed by atoms with van der Waals surface area (Å²) >= 11 is 14.1. The highest BCUT2D eigenvalue weighted by atomic mass is 79.9. The molecule has 6 aromatic rings. The van der Waals surface area contributed by atoms with Crippen LogP contribution in [0.1, 0.15) is 11.1 Å². The standard InChI is InChI=1S/C24H12Br2F2N2S5/c1-9-7-13(33-23(9)11-3-5-15(25)31-11)17-19(27)20(28)18(22-21(17)29-35-30-22)14-8-10(2)24(34-14)12-4-6-16(26)32-12/h3-8H,1-2H3. The first kappa shape index (κ1) is 24.0. The van der Waals surface area contributed by atoms with Gasteiger partial charge in [-0.2, -0.15) is 8.75 Å². The van der Waals surface area contributed by atoms with E-state index >= 15 is 8.78 Å². The summed E-state index contributed by atoms with van der Waals surface area (Å²) in [5, 5.41) is 0. The van der Waals surface area contributed by atoms with Crippen molar-refractivity contribution in [1.29, 1.82) is 0 Å². The number of halogens is 4. The molecule has 0 saturated carbocycles. The van der Waals surface area contributed by atoms with Gasteiger partial charge in [-0.15, -0.1) is 45.3 Å². The van der Waals surface area contributed by atoms with Crippen LogP contribution in [-0.4, -0.2) is 8.75 Å². The molecule has 35 heavy (non-hydrogen) atoms. The molecule has 0 fully saturated rings. The summed E-state index contributed by atoms with van der Waals surface area (Å²) in [6.45, 7) is 3.97. The summed E-state index contributed by atoms with van der Waals surface area (Å²) in [4.78, 5) is 5.53. The van der Waals surface area contributed by atoms with E-state index in [-0.39, 0.29) is 11.1 Å². The highest BCUT2D eigenvalue weighted by Gasteiger charge is 2.28. The summed E-state index contributed by atoms with van der Waals surface area (Å²) < 4.78 is 42.5. The first-order valence-electron chi connectivity index (χ1n) is 10.2. The smallest absolute Gasteiger partial charge is 0.170 e. The molecule has 1 aromatic carbocycles. The highest BCUT2D eigenvalue weighted by molar-refractivity contribution is 9.11. The van der Waals surface area contributed by atoms with E-state index in [9.17, 15) is 0 Å². The molecule has 0 spiro atoms. The number of aryl methyl sites for hydroxylation is 2. The Morgan fingerprint density at radius 2 is 1.06 bits per heavy atom. The quantitative estimate of drug-likeness (QED) is 0.185. The maximum Gasteiger partial charge on any atom is 0.170 e. The summed E-state index contributed by atoms with van der Waals surface area (Å²) in [7, 11) is 0. The normalized spacial score (nSPS) is 11.7. The van der Waals surface area contributed by atoms with Crippen molar-refractivity contribution in [2.75, 3.05) is 0 Å². The average Bonchev–Trinajstić information content (AvgIpc) is 3.62. The van der Waals surface area contributed by atoms with Gasteiger partial charge in [-0.1, -0.05) is 0 Å². The summed E-state index contributed by atoms with van der Waals surface area (Å²) in [6, 6.07) is 11.9. The Hall–Kier alpha value is -1.34. The molecule has 0 N–H and O–H groups in total. The zero-order valence-corrected chi connectivity index (χ0v) is 25.2. The molecule has 0 aliphatic heterocycles. The van der Waals surface area contributed by atoms with Gasteiger partial charge in [0.1, 0.15) is 11.0 Å². The second kappa shape index (κ2) is 9.20. The molecule has 0 radical (unpaired) electrons. The molecule has 0 saturated heterocycles. The molecule has 5 heterocycles. The van der Waals surface area contributed by atoms with Crippen LogP contribution < -0.4 is 0 Å². The number of rotatable bonds is 4. The van der Waals surface area contributed by atoms with Gasteiger partial charge in [-0.25, -0.2) is 8.78 Å². The first-order valence-corrected chi connectivity index (χ1v) is 15.8. The van der Waals surface area contributed by atoms with E-state index in [0.717, 1.165) is 49.9 Å². The van der Waals surface area contributed by atoms with Crippen LogP contribution in [0.25, 0.3) is 51.4 Å². The molecule has 6 rings (SSSR count). The number of hydrogen-bond acceptors (Lipinski definition) is 7. The molecule has 0 atom stereocenters. The number of aromatic nitrogens is 2. The van der Waals surface area contributed by atoms with Crippen molar-refractivity contribution >= 4 is 100.0 Å². The lowest BCUT2D eigenvalue weighted by molar-refractivity contribution is 0.516. The maximum atomic E-state index is 15.8.